The molecule has 6 heteroatoms. The van der Waals surface area contributed by atoms with E-state index in [9.17, 15) is 8.42 Å². The average Bonchev–Trinajstić information content (AvgIpc) is 1.94. The Balaban J connectivity index is 3.50. The number of hydrogen-bond acceptors (Lipinski definition) is 2. The van der Waals surface area contributed by atoms with Gasteiger partial charge >= 0.3 is 0 Å². The zero-order valence-corrected chi connectivity index (χ0v) is 11.3. The zero-order chi connectivity index (χ0) is 10.2. The maximum Gasteiger partial charge on any atom is 0.239 e. The van der Waals surface area contributed by atoms with Crippen LogP contribution in [-0.4, -0.2) is 8.42 Å². The summed E-state index contributed by atoms with van der Waals surface area (Å²) in [6.07, 6.45) is 0. The van der Waals surface area contributed by atoms with E-state index < -0.39 is 10.0 Å². The molecule has 1 aromatic rings. The summed E-state index contributed by atoms with van der Waals surface area (Å²) in [4.78, 5) is 0.175. The van der Waals surface area contributed by atoms with Crippen LogP contribution in [0.25, 0.3) is 0 Å². The summed E-state index contributed by atoms with van der Waals surface area (Å²) in [5.41, 5.74) is 0.851. The highest BCUT2D eigenvalue weighted by Crippen LogP contribution is 2.25. The number of aryl methyl sites for hydroxylation is 1. The summed E-state index contributed by atoms with van der Waals surface area (Å²) >= 11 is 5.25. The predicted octanol–water partition coefficient (Wildman–Crippen LogP) is 2.01. The minimum Gasteiger partial charge on any atom is -0.225 e. The van der Waals surface area contributed by atoms with Crippen LogP contribution in [0.15, 0.2) is 21.5 Å². The lowest BCUT2D eigenvalue weighted by Crippen LogP contribution is -2.14. The van der Waals surface area contributed by atoms with Gasteiger partial charge in [0.05, 0.1) is 4.90 Å². The Morgan fingerprint density at radius 2 is 2.00 bits per heavy atom. The van der Waals surface area contributed by atoms with E-state index in [0.717, 1.165) is 10.0 Å². The van der Waals surface area contributed by atoms with Gasteiger partial charge in [0.1, 0.15) is 0 Å². The van der Waals surface area contributed by atoms with Crippen LogP contribution in [0.3, 0.4) is 0 Å². The topological polar surface area (TPSA) is 60.2 Å². The van der Waals surface area contributed by atoms with Gasteiger partial charge in [0.2, 0.25) is 10.0 Å². The number of rotatable bonds is 1. The molecule has 1 aromatic carbocycles. The highest BCUT2D eigenvalue weighted by Gasteiger charge is 2.13. The van der Waals surface area contributed by atoms with Gasteiger partial charge in [0.25, 0.3) is 0 Å². The minimum atomic E-state index is -3.60. The van der Waals surface area contributed by atoms with Gasteiger partial charge < -0.3 is 0 Å². The van der Waals surface area contributed by atoms with Gasteiger partial charge in [-0.1, -0.05) is 15.9 Å². The number of primary sulfonamides is 1. The maximum absolute atomic E-state index is 11.1. The van der Waals surface area contributed by atoms with Crippen LogP contribution < -0.4 is 5.14 Å². The summed E-state index contributed by atoms with van der Waals surface area (Å²) in [5.74, 6) is 0. The van der Waals surface area contributed by atoms with E-state index in [0.29, 0.717) is 3.57 Å². The van der Waals surface area contributed by atoms with Crippen LogP contribution in [-0.2, 0) is 10.0 Å². The Morgan fingerprint density at radius 1 is 1.46 bits per heavy atom. The molecular formula is C7H7BrINO2S. The van der Waals surface area contributed by atoms with Gasteiger partial charge in [-0.25, -0.2) is 13.6 Å². The second-order valence-electron chi connectivity index (χ2n) is 2.58. The third-order valence-corrected chi connectivity index (χ3v) is 4.58. The molecule has 0 aromatic heterocycles. The zero-order valence-electron chi connectivity index (χ0n) is 6.71. The Kier molecular flexibility index (Phi) is 3.37. The molecule has 2 N–H and O–H groups in total. The molecule has 0 unspecified atom stereocenters. The van der Waals surface area contributed by atoms with Crippen LogP contribution in [0.4, 0.5) is 0 Å². The first-order chi connectivity index (χ1) is 5.82. The van der Waals surface area contributed by atoms with Crippen molar-refractivity contribution < 1.29 is 8.42 Å². The van der Waals surface area contributed by atoms with Crippen molar-refractivity contribution in [3.63, 3.8) is 0 Å². The summed E-state index contributed by atoms with van der Waals surface area (Å²) in [6, 6.07) is 3.29. The molecule has 0 saturated heterocycles. The smallest absolute Gasteiger partial charge is 0.225 e. The first kappa shape index (κ1) is 11.4. The standard InChI is InChI=1S/C7H7BrINO2S/c1-4-2-7(13(10,11)12)6(9)3-5(4)8/h2-3H,1H3,(H2,10,11,12). The van der Waals surface area contributed by atoms with Crippen LogP contribution in [0.2, 0.25) is 0 Å². The average molecular weight is 376 g/mol. The van der Waals surface area contributed by atoms with E-state index >= 15 is 0 Å². The van der Waals surface area contributed by atoms with Crippen molar-refractivity contribution in [1.29, 1.82) is 0 Å². The summed E-state index contributed by atoms with van der Waals surface area (Å²) in [7, 11) is -3.60. The van der Waals surface area contributed by atoms with Crippen LogP contribution in [0.5, 0.6) is 0 Å². The van der Waals surface area contributed by atoms with Crippen molar-refractivity contribution in [2.24, 2.45) is 5.14 Å². The van der Waals surface area contributed by atoms with Crippen LogP contribution >= 0.6 is 38.5 Å². The summed E-state index contributed by atoms with van der Waals surface area (Å²) in [5, 5.41) is 5.03. The second kappa shape index (κ2) is 3.84. The van der Waals surface area contributed by atoms with Crippen LogP contribution in [0, 0.1) is 10.5 Å². The maximum atomic E-state index is 11.1. The van der Waals surface area contributed by atoms with Crippen molar-refractivity contribution in [3.8, 4) is 0 Å². The first-order valence-electron chi connectivity index (χ1n) is 3.31. The SMILES string of the molecule is Cc1cc(S(N)(=O)=O)c(I)cc1Br. The fourth-order valence-electron chi connectivity index (χ4n) is 0.849. The van der Waals surface area contributed by atoms with Gasteiger partial charge in [-0.2, -0.15) is 0 Å². The van der Waals surface area contributed by atoms with E-state index in [1.807, 2.05) is 29.5 Å². The molecule has 0 atom stereocenters. The highest BCUT2D eigenvalue weighted by atomic mass is 127. The van der Waals surface area contributed by atoms with E-state index in [4.69, 9.17) is 5.14 Å². The molecule has 0 amide bonds. The number of sulfonamides is 1. The number of halogens is 2. The molecule has 0 spiro atoms. The molecule has 72 valence electrons. The largest absolute Gasteiger partial charge is 0.239 e. The normalized spacial score (nSPS) is 11.7. The fraction of sp³-hybridized carbons (Fsp3) is 0.143. The fourth-order valence-corrected chi connectivity index (χ4v) is 3.68. The van der Waals surface area contributed by atoms with Crippen molar-refractivity contribution in [3.05, 3.63) is 25.7 Å². The van der Waals surface area contributed by atoms with Crippen molar-refractivity contribution >= 4 is 48.5 Å². The second-order valence-corrected chi connectivity index (χ2v) is 6.12. The molecule has 0 heterocycles. The summed E-state index contributed by atoms with van der Waals surface area (Å²) in [6.45, 7) is 1.81. The molecule has 0 aliphatic carbocycles. The Labute approximate surface area is 99.0 Å². The van der Waals surface area contributed by atoms with Crippen molar-refractivity contribution in [2.45, 2.75) is 11.8 Å². The molecule has 0 fully saturated rings. The van der Waals surface area contributed by atoms with Gasteiger partial charge in [-0.15, -0.1) is 0 Å². The Hall–Kier alpha value is 0.340. The lowest BCUT2D eigenvalue weighted by atomic mass is 10.2. The van der Waals surface area contributed by atoms with Crippen molar-refractivity contribution in [2.75, 3.05) is 0 Å². The van der Waals surface area contributed by atoms with E-state index in [1.165, 1.54) is 0 Å². The van der Waals surface area contributed by atoms with Gasteiger partial charge in [-0.05, 0) is 47.2 Å². The van der Waals surface area contributed by atoms with E-state index in [-0.39, 0.29) is 4.90 Å². The predicted molar refractivity (Wildman–Crippen MR) is 63.0 cm³/mol. The molecule has 0 bridgehead atoms. The molecule has 0 aliphatic heterocycles. The lowest BCUT2D eigenvalue weighted by molar-refractivity contribution is 0.597. The first-order valence-corrected chi connectivity index (χ1v) is 6.72. The lowest BCUT2D eigenvalue weighted by Gasteiger charge is -2.04. The van der Waals surface area contributed by atoms with E-state index in [2.05, 4.69) is 15.9 Å². The Morgan fingerprint density at radius 3 is 2.46 bits per heavy atom. The van der Waals surface area contributed by atoms with Gasteiger partial charge in [-0.3, -0.25) is 0 Å². The van der Waals surface area contributed by atoms with Crippen LogP contribution in [0.1, 0.15) is 5.56 Å². The number of benzene rings is 1. The highest BCUT2D eigenvalue weighted by molar-refractivity contribution is 14.1. The molecule has 0 saturated carbocycles. The number of nitrogens with two attached hydrogens (primary N) is 1. The molecular weight excluding hydrogens is 369 g/mol. The molecule has 13 heavy (non-hydrogen) atoms. The number of hydrogen-bond donors (Lipinski definition) is 1. The third kappa shape index (κ3) is 2.64. The summed E-state index contributed by atoms with van der Waals surface area (Å²) < 4.78 is 23.7. The Bertz CT molecular complexity index is 444. The third-order valence-electron chi connectivity index (χ3n) is 1.52. The van der Waals surface area contributed by atoms with Gasteiger partial charge in [0.15, 0.2) is 0 Å². The molecule has 1 rings (SSSR count). The quantitative estimate of drug-likeness (QED) is 0.763. The van der Waals surface area contributed by atoms with Crippen molar-refractivity contribution in [1.82, 2.24) is 0 Å². The molecule has 0 radical (unpaired) electrons. The molecule has 0 aliphatic rings. The van der Waals surface area contributed by atoms with Gasteiger partial charge in [0, 0.05) is 8.04 Å². The minimum absolute atomic E-state index is 0.175. The monoisotopic (exact) mass is 375 g/mol. The van der Waals surface area contributed by atoms with E-state index in [1.54, 1.807) is 12.1 Å². The molecule has 3 nitrogen and oxygen atoms in total.